The number of halogens is 1. The number of fused-ring (bicyclic) bond motifs is 1. The fourth-order valence-electron chi connectivity index (χ4n) is 2.74. The van der Waals surface area contributed by atoms with Gasteiger partial charge in [-0.25, -0.2) is 4.98 Å². The predicted octanol–water partition coefficient (Wildman–Crippen LogP) is 4.79. The molecule has 5 nitrogen and oxygen atoms in total. The molecule has 1 aromatic carbocycles. The molecule has 0 aliphatic rings. The van der Waals surface area contributed by atoms with Crippen molar-refractivity contribution in [3.63, 3.8) is 0 Å². The maximum atomic E-state index is 5.73. The Bertz CT molecular complexity index is 928. The minimum atomic E-state index is 0.0386. The minimum absolute atomic E-state index is 0.0386. The molecule has 0 saturated carbocycles. The average Bonchev–Trinajstić information content (AvgIpc) is 2.60. The van der Waals surface area contributed by atoms with Crippen LogP contribution in [0.15, 0.2) is 40.9 Å². The molecule has 3 aromatic rings. The minimum Gasteiger partial charge on any atom is -0.481 e. The van der Waals surface area contributed by atoms with Crippen LogP contribution in [0.25, 0.3) is 10.9 Å². The van der Waals surface area contributed by atoms with E-state index in [4.69, 9.17) is 14.2 Å². The van der Waals surface area contributed by atoms with Crippen LogP contribution < -0.4 is 14.2 Å². The van der Waals surface area contributed by atoms with Crippen molar-refractivity contribution in [1.82, 2.24) is 9.97 Å². The summed E-state index contributed by atoms with van der Waals surface area (Å²) < 4.78 is 17.6. The largest absolute Gasteiger partial charge is 0.481 e. The Hall–Kier alpha value is -2.34. The van der Waals surface area contributed by atoms with Gasteiger partial charge in [-0.1, -0.05) is 15.9 Å². The summed E-state index contributed by atoms with van der Waals surface area (Å²) in [5.41, 5.74) is 2.90. The van der Waals surface area contributed by atoms with Gasteiger partial charge in [-0.15, -0.1) is 0 Å². The van der Waals surface area contributed by atoms with Gasteiger partial charge in [-0.3, -0.25) is 0 Å². The van der Waals surface area contributed by atoms with Crippen LogP contribution in [0.1, 0.15) is 25.0 Å². The molecule has 136 valence electrons. The van der Waals surface area contributed by atoms with Gasteiger partial charge < -0.3 is 14.2 Å². The van der Waals surface area contributed by atoms with Crippen molar-refractivity contribution < 1.29 is 14.2 Å². The molecule has 0 amide bonds. The number of ether oxygens (including phenoxy) is 3. The van der Waals surface area contributed by atoms with E-state index in [-0.39, 0.29) is 6.10 Å². The fourth-order valence-corrected chi connectivity index (χ4v) is 3.12. The Balaban J connectivity index is 2.01. The van der Waals surface area contributed by atoms with Crippen LogP contribution in [0, 0.1) is 0 Å². The molecule has 0 unspecified atom stereocenters. The number of nitrogens with zero attached hydrogens (tertiary/aromatic N) is 2. The quantitative estimate of drug-likeness (QED) is 0.578. The highest BCUT2D eigenvalue weighted by molar-refractivity contribution is 9.10. The van der Waals surface area contributed by atoms with E-state index in [1.807, 2.05) is 44.2 Å². The molecule has 2 aromatic heterocycles. The summed E-state index contributed by atoms with van der Waals surface area (Å²) in [6.07, 6.45) is 0.670. The molecule has 0 spiro atoms. The van der Waals surface area contributed by atoms with Crippen LogP contribution in [-0.2, 0) is 6.42 Å². The molecule has 0 atom stereocenters. The number of hydrogen-bond acceptors (Lipinski definition) is 5. The smallest absolute Gasteiger partial charge is 0.217 e. The lowest BCUT2D eigenvalue weighted by Crippen LogP contribution is -2.08. The van der Waals surface area contributed by atoms with Crippen LogP contribution in [0.4, 0.5) is 0 Å². The third kappa shape index (κ3) is 4.25. The Morgan fingerprint density at radius 2 is 1.73 bits per heavy atom. The van der Waals surface area contributed by atoms with Crippen molar-refractivity contribution in [2.45, 2.75) is 26.4 Å². The second kappa shape index (κ2) is 7.91. The summed E-state index contributed by atoms with van der Waals surface area (Å²) in [5, 5.41) is 1.05. The maximum Gasteiger partial charge on any atom is 0.217 e. The van der Waals surface area contributed by atoms with Crippen LogP contribution in [0.3, 0.4) is 0 Å². The second-order valence-corrected chi connectivity index (χ2v) is 7.11. The van der Waals surface area contributed by atoms with Crippen molar-refractivity contribution in [1.29, 1.82) is 0 Å². The molecule has 0 aliphatic heterocycles. The third-order valence-electron chi connectivity index (χ3n) is 3.81. The topological polar surface area (TPSA) is 53.5 Å². The van der Waals surface area contributed by atoms with Gasteiger partial charge in [0.25, 0.3) is 0 Å². The number of methoxy groups -OCH3 is 2. The number of benzene rings is 1. The Morgan fingerprint density at radius 1 is 0.962 bits per heavy atom. The van der Waals surface area contributed by atoms with E-state index in [1.54, 1.807) is 14.2 Å². The van der Waals surface area contributed by atoms with Gasteiger partial charge in [-0.05, 0) is 43.7 Å². The zero-order chi connectivity index (χ0) is 18.7. The molecule has 0 saturated heterocycles. The average molecular weight is 417 g/mol. The third-order valence-corrected chi connectivity index (χ3v) is 4.30. The van der Waals surface area contributed by atoms with E-state index in [2.05, 4.69) is 32.0 Å². The number of aromatic nitrogens is 2. The van der Waals surface area contributed by atoms with Crippen molar-refractivity contribution in [2.75, 3.05) is 14.2 Å². The summed E-state index contributed by atoms with van der Waals surface area (Å²) in [4.78, 5) is 8.96. The first-order chi connectivity index (χ1) is 12.5. The fraction of sp³-hybridized carbons (Fsp3) is 0.300. The summed E-state index contributed by atoms with van der Waals surface area (Å²) >= 11 is 3.51. The zero-order valence-corrected chi connectivity index (χ0v) is 16.8. The predicted molar refractivity (Wildman–Crippen MR) is 105 cm³/mol. The summed E-state index contributed by atoms with van der Waals surface area (Å²) in [6, 6.07) is 11.9. The number of rotatable bonds is 6. The van der Waals surface area contributed by atoms with Gasteiger partial charge in [0.05, 0.1) is 25.8 Å². The monoisotopic (exact) mass is 416 g/mol. The first-order valence-electron chi connectivity index (χ1n) is 8.33. The van der Waals surface area contributed by atoms with Gasteiger partial charge >= 0.3 is 0 Å². The maximum absolute atomic E-state index is 5.73. The van der Waals surface area contributed by atoms with Gasteiger partial charge in [0.1, 0.15) is 0 Å². The highest BCUT2D eigenvalue weighted by Gasteiger charge is 2.12. The van der Waals surface area contributed by atoms with E-state index in [0.717, 1.165) is 26.5 Å². The van der Waals surface area contributed by atoms with Gasteiger partial charge in [-0.2, -0.15) is 4.98 Å². The Labute approximate surface area is 161 Å². The molecular weight excluding hydrogens is 396 g/mol. The lowest BCUT2D eigenvalue weighted by molar-refractivity contribution is 0.229. The summed E-state index contributed by atoms with van der Waals surface area (Å²) in [5.74, 6) is 1.68. The van der Waals surface area contributed by atoms with Crippen LogP contribution in [0.5, 0.6) is 17.6 Å². The molecule has 0 aliphatic carbocycles. The molecule has 6 heteroatoms. The Morgan fingerprint density at radius 3 is 2.42 bits per heavy atom. The normalized spacial score (nSPS) is 11.0. The highest BCUT2D eigenvalue weighted by atomic mass is 79.9. The standard InChI is InChI=1S/C20H21BrN2O3/c1-12(2)26-19-9-13(8-18(23-19)24-3)7-15-10-14-11-16(21)5-6-17(14)22-20(15)25-4/h5-6,8-12H,7H2,1-4H3. The molecule has 0 fully saturated rings. The Kier molecular flexibility index (Phi) is 5.61. The SMILES string of the molecule is COc1cc(Cc2cc3cc(Br)ccc3nc2OC)cc(OC(C)C)n1. The number of pyridine rings is 2. The molecule has 26 heavy (non-hydrogen) atoms. The van der Waals surface area contributed by atoms with Crippen molar-refractivity contribution >= 4 is 26.8 Å². The lowest BCUT2D eigenvalue weighted by Gasteiger charge is -2.13. The van der Waals surface area contributed by atoms with E-state index in [1.165, 1.54) is 0 Å². The number of hydrogen-bond donors (Lipinski definition) is 0. The van der Waals surface area contributed by atoms with E-state index in [9.17, 15) is 0 Å². The van der Waals surface area contributed by atoms with Crippen molar-refractivity contribution in [3.05, 3.63) is 52.0 Å². The van der Waals surface area contributed by atoms with Crippen molar-refractivity contribution in [3.8, 4) is 17.6 Å². The highest BCUT2D eigenvalue weighted by Crippen LogP contribution is 2.28. The van der Waals surface area contributed by atoms with Crippen LogP contribution in [0.2, 0.25) is 0 Å². The molecule has 0 N–H and O–H groups in total. The zero-order valence-electron chi connectivity index (χ0n) is 15.2. The lowest BCUT2D eigenvalue weighted by atomic mass is 10.0. The van der Waals surface area contributed by atoms with E-state index >= 15 is 0 Å². The summed E-state index contributed by atoms with van der Waals surface area (Å²) in [6.45, 7) is 3.93. The van der Waals surface area contributed by atoms with Gasteiger partial charge in [0.2, 0.25) is 17.6 Å². The second-order valence-electron chi connectivity index (χ2n) is 6.19. The van der Waals surface area contributed by atoms with Crippen molar-refractivity contribution in [2.24, 2.45) is 0 Å². The van der Waals surface area contributed by atoms with Crippen LogP contribution in [-0.4, -0.2) is 30.3 Å². The van der Waals surface area contributed by atoms with E-state index in [0.29, 0.717) is 24.1 Å². The molecule has 2 heterocycles. The molecule has 0 bridgehead atoms. The molecule has 0 radical (unpaired) electrons. The van der Waals surface area contributed by atoms with Crippen LogP contribution >= 0.6 is 15.9 Å². The molecule has 3 rings (SSSR count). The molecular formula is C20H21BrN2O3. The first-order valence-corrected chi connectivity index (χ1v) is 9.12. The van der Waals surface area contributed by atoms with Gasteiger partial charge in [0.15, 0.2) is 0 Å². The first kappa shape index (κ1) is 18.5. The summed E-state index contributed by atoms with van der Waals surface area (Å²) in [7, 11) is 3.23. The van der Waals surface area contributed by atoms with Gasteiger partial charge in [0, 0.05) is 34.0 Å². The van der Waals surface area contributed by atoms with E-state index < -0.39 is 0 Å².